The Morgan fingerprint density at radius 1 is 1.14 bits per heavy atom. The van der Waals surface area contributed by atoms with Gasteiger partial charge in [-0.1, -0.05) is 35.8 Å². The molecule has 0 atom stereocenters. The molecule has 0 radical (unpaired) electrons. The summed E-state index contributed by atoms with van der Waals surface area (Å²) in [5.41, 5.74) is 4.51. The summed E-state index contributed by atoms with van der Waals surface area (Å²) >= 11 is 12.4. The van der Waals surface area contributed by atoms with Gasteiger partial charge in [0.2, 0.25) is 5.95 Å². The summed E-state index contributed by atoms with van der Waals surface area (Å²) in [6.45, 7) is 8.19. The molecule has 0 bridgehead atoms. The quantitative estimate of drug-likeness (QED) is 0.499. The van der Waals surface area contributed by atoms with E-state index in [1.54, 1.807) is 13.0 Å². The minimum absolute atomic E-state index is 0.253. The van der Waals surface area contributed by atoms with Gasteiger partial charge in [0.15, 0.2) is 5.82 Å². The molecule has 1 heterocycles. The van der Waals surface area contributed by atoms with E-state index in [-0.39, 0.29) is 11.6 Å². The fraction of sp³-hybridized carbons (Fsp3) is 0.143. The van der Waals surface area contributed by atoms with Crippen LogP contribution < -0.4 is 10.6 Å². The zero-order valence-electron chi connectivity index (χ0n) is 15.5. The topological polar surface area (TPSA) is 49.8 Å². The second-order valence-electron chi connectivity index (χ2n) is 6.42. The molecule has 4 nitrogen and oxygen atoms in total. The van der Waals surface area contributed by atoms with Crippen molar-refractivity contribution in [2.75, 3.05) is 10.6 Å². The Bertz CT molecular complexity index is 1020. The minimum Gasteiger partial charge on any atom is -0.381 e. The average molecular weight is 417 g/mol. The molecule has 0 aliphatic rings. The van der Waals surface area contributed by atoms with Crippen LogP contribution in [0.25, 0.3) is 5.70 Å². The fourth-order valence-electron chi connectivity index (χ4n) is 2.70. The number of hydrogen-bond acceptors (Lipinski definition) is 4. The molecule has 0 fully saturated rings. The first-order valence-electron chi connectivity index (χ1n) is 8.57. The van der Waals surface area contributed by atoms with Gasteiger partial charge in [-0.15, -0.1) is 0 Å². The predicted molar refractivity (Wildman–Crippen MR) is 114 cm³/mol. The zero-order chi connectivity index (χ0) is 20.3. The second-order valence-corrected chi connectivity index (χ2v) is 7.26. The van der Waals surface area contributed by atoms with Gasteiger partial charge in [0.05, 0.1) is 16.9 Å². The third kappa shape index (κ3) is 5.00. The van der Waals surface area contributed by atoms with Crippen LogP contribution >= 0.6 is 23.2 Å². The van der Waals surface area contributed by atoms with E-state index in [2.05, 4.69) is 33.2 Å². The molecule has 0 aliphatic heterocycles. The van der Waals surface area contributed by atoms with Gasteiger partial charge in [-0.2, -0.15) is 0 Å². The van der Waals surface area contributed by atoms with Gasteiger partial charge >= 0.3 is 0 Å². The van der Waals surface area contributed by atoms with Crippen LogP contribution in [0.1, 0.15) is 22.4 Å². The first-order valence-corrected chi connectivity index (χ1v) is 9.32. The zero-order valence-corrected chi connectivity index (χ0v) is 17.0. The van der Waals surface area contributed by atoms with Gasteiger partial charge in [0.25, 0.3) is 0 Å². The van der Waals surface area contributed by atoms with Crippen molar-refractivity contribution in [2.24, 2.45) is 0 Å². The molecule has 0 saturated heterocycles. The molecule has 3 rings (SSSR count). The van der Waals surface area contributed by atoms with Crippen molar-refractivity contribution >= 4 is 40.5 Å². The maximum absolute atomic E-state index is 13.3. The van der Waals surface area contributed by atoms with Crippen molar-refractivity contribution in [3.8, 4) is 0 Å². The molecule has 0 saturated carbocycles. The number of hydrogen-bond donors (Lipinski definition) is 2. The number of aryl methyl sites for hydroxylation is 2. The van der Waals surface area contributed by atoms with Gasteiger partial charge in [-0.25, -0.2) is 14.4 Å². The van der Waals surface area contributed by atoms with Crippen LogP contribution in [0, 0.1) is 19.7 Å². The maximum Gasteiger partial charge on any atom is 0.227 e. The number of nitrogens with zero attached hydrogens (tertiary/aromatic N) is 2. The number of nitrogens with one attached hydrogen (secondary N) is 2. The van der Waals surface area contributed by atoms with Crippen LogP contribution in [0.3, 0.4) is 0 Å². The molecule has 0 unspecified atom stereocenters. The van der Waals surface area contributed by atoms with Crippen molar-refractivity contribution in [2.45, 2.75) is 20.4 Å². The summed E-state index contributed by atoms with van der Waals surface area (Å²) in [6, 6.07) is 11.5. The van der Waals surface area contributed by atoms with E-state index in [1.165, 1.54) is 0 Å². The van der Waals surface area contributed by atoms with Crippen LogP contribution in [0.2, 0.25) is 10.0 Å². The molecule has 144 valence electrons. The minimum atomic E-state index is -0.461. The molecule has 2 N–H and O–H groups in total. The average Bonchev–Trinajstić information content (AvgIpc) is 2.63. The second kappa shape index (κ2) is 8.59. The Labute approximate surface area is 173 Å². The molecule has 0 aliphatic carbocycles. The van der Waals surface area contributed by atoms with Gasteiger partial charge in [-0.05, 0) is 55.3 Å². The van der Waals surface area contributed by atoms with E-state index < -0.39 is 5.82 Å². The predicted octanol–water partition coefficient (Wildman–Crippen LogP) is 6.23. The Balaban J connectivity index is 1.74. The molecule has 0 spiro atoms. The molecule has 0 amide bonds. The van der Waals surface area contributed by atoms with Crippen LogP contribution in [0.5, 0.6) is 0 Å². The first-order chi connectivity index (χ1) is 13.3. The maximum atomic E-state index is 13.3. The lowest BCUT2D eigenvalue weighted by atomic mass is 10.1. The summed E-state index contributed by atoms with van der Waals surface area (Å²) in [7, 11) is 0. The highest BCUT2D eigenvalue weighted by Gasteiger charge is 2.09. The van der Waals surface area contributed by atoms with E-state index in [1.807, 2.05) is 31.2 Å². The molecule has 7 heteroatoms. The van der Waals surface area contributed by atoms with E-state index in [9.17, 15) is 4.39 Å². The first kappa shape index (κ1) is 20.1. The van der Waals surface area contributed by atoms with Crippen LogP contribution in [-0.4, -0.2) is 9.97 Å². The normalized spacial score (nSPS) is 10.6. The van der Waals surface area contributed by atoms with Crippen LogP contribution in [0.15, 0.2) is 49.2 Å². The van der Waals surface area contributed by atoms with Crippen molar-refractivity contribution < 1.29 is 4.39 Å². The molecular weight excluding hydrogens is 398 g/mol. The highest BCUT2D eigenvalue weighted by Crippen LogP contribution is 2.27. The SMILES string of the molecule is C=C(Nc1ncc(F)c(C)n1)c1cc(NCc2cc(C)cc(Cl)c2)ccc1Cl. The molecule has 2 aromatic carbocycles. The number of rotatable bonds is 6. The number of anilines is 2. The van der Waals surface area contributed by atoms with E-state index in [4.69, 9.17) is 23.2 Å². The lowest BCUT2D eigenvalue weighted by molar-refractivity contribution is 0.602. The standard InChI is InChI=1S/C21H19Cl2FN4/c1-12-6-15(8-16(22)7-12)10-25-17-4-5-19(23)18(9-17)13(2)27-21-26-11-20(24)14(3)28-21/h4-9,11,25H,2,10H2,1,3H3,(H,26,27,28). The van der Waals surface area contributed by atoms with E-state index in [0.717, 1.165) is 23.0 Å². The third-order valence-corrected chi connectivity index (χ3v) is 4.62. The van der Waals surface area contributed by atoms with E-state index in [0.29, 0.717) is 27.9 Å². The number of benzene rings is 2. The largest absolute Gasteiger partial charge is 0.381 e. The molecular formula is C21H19Cl2FN4. The summed E-state index contributed by atoms with van der Waals surface area (Å²) < 4.78 is 13.3. The summed E-state index contributed by atoms with van der Waals surface area (Å²) in [4.78, 5) is 7.97. The van der Waals surface area contributed by atoms with Crippen molar-refractivity contribution in [3.63, 3.8) is 0 Å². The van der Waals surface area contributed by atoms with Crippen molar-refractivity contribution in [1.29, 1.82) is 0 Å². The molecule has 28 heavy (non-hydrogen) atoms. The Morgan fingerprint density at radius 2 is 1.93 bits per heavy atom. The number of halogens is 3. The molecule has 1 aromatic heterocycles. The molecule has 3 aromatic rings. The highest BCUT2D eigenvalue weighted by atomic mass is 35.5. The number of aromatic nitrogens is 2. The lowest BCUT2D eigenvalue weighted by Gasteiger charge is -2.14. The highest BCUT2D eigenvalue weighted by molar-refractivity contribution is 6.32. The smallest absolute Gasteiger partial charge is 0.227 e. The van der Waals surface area contributed by atoms with Gasteiger partial charge in [-0.3, -0.25) is 0 Å². The summed E-state index contributed by atoms with van der Waals surface area (Å²) in [5, 5.41) is 7.56. The van der Waals surface area contributed by atoms with Gasteiger partial charge in [0, 0.05) is 28.5 Å². The Hall–Kier alpha value is -2.63. The van der Waals surface area contributed by atoms with Crippen molar-refractivity contribution in [3.05, 3.63) is 87.4 Å². The summed E-state index contributed by atoms with van der Waals surface area (Å²) in [6.07, 6.45) is 1.12. The van der Waals surface area contributed by atoms with E-state index >= 15 is 0 Å². The Morgan fingerprint density at radius 3 is 2.64 bits per heavy atom. The lowest BCUT2D eigenvalue weighted by Crippen LogP contribution is -2.05. The van der Waals surface area contributed by atoms with Crippen molar-refractivity contribution in [1.82, 2.24) is 9.97 Å². The Kier molecular flexibility index (Phi) is 6.17. The monoisotopic (exact) mass is 416 g/mol. The van der Waals surface area contributed by atoms with Gasteiger partial charge < -0.3 is 10.6 Å². The van der Waals surface area contributed by atoms with Crippen LogP contribution in [0.4, 0.5) is 16.0 Å². The van der Waals surface area contributed by atoms with Crippen LogP contribution in [-0.2, 0) is 6.54 Å². The van der Waals surface area contributed by atoms with Gasteiger partial charge in [0.1, 0.15) is 0 Å². The summed E-state index contributed by atoms with van der Waals surface area (Å²) in [5.74, 6) is -0.204. The fourth-order valence-corrected chi connectivity index (χ4v) is 3.24. The third-order valence-electron chi connectivity index (χ3n) is 4.07.